The van der Waals surface area contributed by atoms with Crippen molar-refractivity contribution in [1.29, 1.82) is 0 Å². The van der Waals surface area contributed by atoms with Gasteiger partial charge in [-0.1, -0.05) is 11.6 Å². The number of anilines is 2. The van der Waals surface area contributed by atoms with Gasteiger partial charge in [0, 0.05) is 34.6 Å². The summed E-state index contributed by atoms with van der Waals surface area (Å²) in [5.74, 6) is 0.149. The minimum atomic E-state index is -0.636. The lowest BCUT2D eigenvalue weighted by Crippen LogP contribution is -2.23. The van der Waals surface area contributed by atoms with Crippen LogP contribution in [0.15, 0.2) is 36.4 Å². The van der Waals surface area contributed by atoms with Gasteiger partial charge in [0.15, 0.2) is 0 Å². The zero-order valence-corrected chi connectivity index (χ0v) is 14.5. The van der Waals surface area contributed by atoms with Crippen LogP contribution in [0.1, 0.15) is 10.4 Å². The molecule has 0 aliphatic rings. The van der Waals surface area contributed by atoms with Gasteiger partial charge in [-0.15, -0.1) is 0 Å². The Hall–Kier alpha value is -2.93. The van der Waals surface area contributed by atoms with Crippen molar-refractivity contribution in [3.05, 3.63) is 47.0 Å². The highest BCUT2D eigenvalue weighted by Gasteiger charge is 2.11. The van der Waals surface area contributed by atoms with Crippen LogP contribution in [0.4, 0.5) is 11.4 Å². The number of ether oxygens (including phenoxy) is 2. The molecule has 0 aliphatic carbocycles. The van der Waals surface area contributed by atoms with Crippen LogP contribution in [-0.2, 0) is 4.79 Å². The number of nitrogens with two attached hydrogens (primary N) is 1. The molecular formula is C17H18ClN3O4. The van der Waals surface area contributed by atoms with Crippen LogP contribution in [0.2, 0.25) is 5.02 Å². The van der Waals surface area contributed by atoms with E-state index in [-0.39, 0.29) is 18.0 Å². The number of hydrogen-bond donors (Lipinski definition) is 3. The van der Waals surface area contributed by atoms with Gasteiger partial charge in [-0.05, 0) is 18.2 Å². The van der Waals surface area contributed by atoms with E-state index in [9.17, 15) is 9.59 Å². The number of hydrogen-bond acceptors (Lipinski definition) is 5. The molecule has 0 atom stereocenters. The lowest BCUT2D eigenvalue weighted by molar-refractivity contribution is -0.114. The summed E-state index contributed by atoms with van der Waals surface area (Å²) in [6.45, 7) is -0.0680. The molecule has 0 aliphatic heterocycles. The van der Waals surface area contributed by atoms with Crippen molar-refractivity contribution in [2.24, 2.45) is 5.73 Å². The Bertz CT molecular complexity index is 773. The first-order valence-corrected chi connectivity index (χ1v) is 7.67. The second-order valence-corrected chi connectivity index (χ2v) is 5.49. The summed E-state index contributed by atoms with van der Waals surface area (Å²) in [5, 5.41) is 5.96. The van der Waals surface area contributed by atoms with Gasteiger partial charge in [-0.25, -0.2) is 0 Å². The van der Waals surface area contributed by atoms with Crippen LogP contribution >= 0.6 is 11.6 Å². The number of methoxy groups -OCH3 is 2. The molecule has 0 unspecified atom stereocenters. The summed E-state index contributed by atoms with van der Waals surface area (Å²) >= 11 is 5.85. The van der Waals surface area contributed by atoms with Crippen LogP contribution in [0.25, 0.3) is 0 Å². The van der Waals surface area contributed by atoms with Crippen molar-refractivity contribution in [2.45, 2.75) is 0 Å². The SMILES string of the molecule is COc1cc(NC(=O)CNc2ccc(Cl)cc2C(N)=O)cc(OC)c1. The van der Waals surface area contributed by atoms with E-state index in [1.807, 2.05) is 0 Å². The summed E-state index contributed by atoms with van der Waals surface area (Å²) in [6, 6.07) is 9.65. The summed E-state index contributed by atoms with van der Waals surface area (Å²) in [6.07, 6.45) is 0. The lowest BCUT2D eigenvalue weighted by atomic mass is 10.1. The van der Waals surface area contributed by atoms with Gasteiger partial charge in [-0.2, -0.15) is 0 Å². The summed E-state index contributed by atoms with van der Waals surface area (Å²) in [5.41, 5.74) is 6.47. The van der Waals surface area contributed by atoms with E-state index in [1.54, 1.807) is 30.3 Å². The predicted molar refractivity (Wildman–Crippen MR) is 96.6 cm³/mol. The van der Waals surface area contributed by atoms with Crippen LogP contribution in [0.5, 0.6) is 11.5 Å². The molecule has 8 heteroatoms. The van der Waals surface area contributed by atoms with Gasteiger partial charge in [-0.3, -0.25) is 9.59 Å². The van der Waals surface area contributed by atoms with Crippen LogP contribution in [0.3, 0.4) is 0 Å². The number of carbonyl (C=O) groups excluding carboxylic acids is 2. The van der Waals surface area contributed by atoms with E-state index < -0.39 is 5.91 Å². The largest absolute Gasteiger partial charge is 0.497 e. The smallest absolute Gasteiger partial charge is 0.250 e. The molecule has 2 rings (SSSR count). The maximum absolute atomic E-state index is 12.1. The van der Waals surface area contributed by atoms with Gasteiger partial charge in [0.1, 0.15) is 11.5 Å². The maximum atomic E-state index is 12.1. The van der Waals surface area contributed by atoms with E-state index in [0.29, 0.717) is 27.9 Å². The fourth-order valence-corrected chi connectivity index (χ4v) is 2.31. The Morgan fingerprint density at radius 3 is 2.28 bits per heavy atom. The van der Waals surface area contributed by atoms with Gasteiger partial charge in [0.25, 0.3) is 5.91 Å². The van der Waals surface area contributed by atoms with Crippen molar-refractivity contribution in [3.8, 4) is 11.5 Å². The van der Waals surface area contributed by atoms with Gasteiger partial charge < -0.3 is 25.8 Å². The molecule has 0 spiro atoms. The first kappa shape index (κ1) is 18.4. The van der Waals surface area contributed by atoms with E-state index in [0.717, 1.165) is 0 Å². The van der Waals surface area contributed by atoms with E-state index in [1.165, 1.54) is 20.3 Å². The molecular weight excluding hydrogens is 346 g/mol. The third-order valence-electron chi connectivity index (χ3n) is 3.32. The summed E-state index contributed by atoms with van der Waals surface area (Å²) < 4.78 is 10.3. The molecule has 0 saturated carbocycles. The van der Waals surface area contributed by atoms with Crippen molar-refractivity contribution >= 4 is 34.8 Å². The Balaban J connectivity index is 2.06. The molecule has 0 saturated heterocycles. The highest BCUT2D eigenvalue weighted by molar-refractivity contribution is 6.31. The van der Waals surface area contributed by atoms with Gasteiger partial charge >= 0.3 is 0 Å². The maximum Gasteiger partial charge on any atom is 0.250 e. The molecule has 0 fully saturated rings. The van der Waals surface area contributed by atoms with E-state index in [2.05, 4.69) is 10.6 Å². The van der Waals surface area contributed by atoms with Crippen LogP contribution in [-0.4, -0.2) is 32.6 Å². The number of primary amides is 1. The van der Waals surface area contributed by atoms with Crippen molar-refractivity contribution < 1.29 is 19.1 Å². The third-order valence-corrected chi connectivity index (χ3v) is 3.56. The number of carbonyl (C=O) groups is 2. The molecule has 2 aromatic rings. The minimum Gasteiger partial charge on any atom is -0.497 e. The average Bonchev–Trinajstić information content (AvgIpc) is 2.60. The number of amides is 2. The Morgan fingerprint density at radius 2 is 1.72 bits per heavy atom. The van der Waals surface area contributed by atoms with Crippen molar-refractivity contribution in [3.63, 3.8) is 0 Å². The molecule has 2 amide bonds. The highest BCUT2D eigenvalue weighted by Crippen LogP contribution is 2.26. The predicted octanol–water partition coefficient (Wildman–Crippen LogP) is 2.51. The monoisotopic (exact) mass is 363 g/mol. The first-order chi connectivity index (χ1) is 11.9. The number of halogens is 1. The quantitative estimate of drug-likeness (QED) is 0.701. The summed E-state index contributed by atoms with van der Waals surface area (Å²) in [7, 11) is 3.04. The molecule has 0 heterocycles. The zero-order chi connectivity index (χ0) is 18.4. The third kappa shape index (κ3) is 5.02. The van der Waals surface area contributed by atoms with Crippen LogP contribution in [0, 0.1) is 0 Å². The van der Waals surface area contributed by atoms with E-state index >= 15 is 0 Å². The highest BCUT2D eigenvalue weighted by atomic mass is 35.5. The molecule has 2 aromatic carbocycles. The fraction of sp³-hybridized carbons (Fsp3) is 0.176. The number of nitrogens with one attached hydrogen (secondary N) is 2. The second kappa shape index (κ2) is 8.25. The number of rotatable bonds is 7. The Kier molecular flexibility index (Phi) is 6.08. The Labute approximate surface area is 150 Å². The van der Waals surface area contributed by atoms with Crippen LogP contribution < -0.4 is 25.8 Å². The van der Waals surface area contributed by atoms with Crippen molar-refractivity contribution in [1.82, 2.24) is 0 Å². The molecule has 7 nitrogen and oxygen atoms in total. The molecule has 25 heavy (non-hydrogen) atoms. The average molecular weight is 364 g/mol. The normalized spacial score (nSPS) is 10.0. The fourth-order valence-electron chi connectivity index (χ4n) is 2.13. The lowest BCUT2D eigenvalue weighted by Gasteiger charge is -2.12. The van der Waals surface area contributed by atoms with Gasteiger partial charge in [0.05, 0.1) is 26.3 Å². The van der Waals surface area contributed by atoms with Gasteiger partial charge in [0.2, 0.25) is 5.91 Å². The summed E-state index contributed by atoms with van der Waals surface area (Å²) in [4.78, 5) is 23.6. The molecule has 0 aromatic heterocycles. The second-order valence-electron chi connectivity index (χ2n) is 5.06. The molecule has 132 valence electrons. The number of benzene rings is 2. The van der Waals surface area contributed by atoms with E-state index in [4.69, 9.17) is 26.8 Å². The minimum absolute atomic E-state index is 0.0680. The molecule has 0 bridgehead atoms. The first-order valence-electron chi connectivity index (χ1n) is 7.29. The Morgan fingerprint density at radius 1 is 1.08 bits per heavy atom. The molecule has 0 radical (unpaired) electrons. The standard InChI is InChI=1S/C17H18ClN3O4/c1-24-12-6-11(7-13(8-12)25-2)21-16(22)9-20-15-4-3-10(18)5-14(15)17(19)23/h3-8,20H,9H2,1-2H3,(H2,19,23)(H,21,22). The molecule has 4 N–H and O–H groups in total. The topological polar surface area (TPSA) is 103 Å². The van der Waals surface area contributed by atoms with Crippen molar-refractivity contribution in [2.75, 3.05) is 31.4 Å². The zero-order valence-electron chi connectivity index (χ0n) is 13.8.